The molecule has 4 rings (SSSR count). The van der Waals surface area contributed by atoms with E-state index in [9.17, 15) is 19.2 Å². The number of carbonyl (C=O) groups is 4. The first-order valence-electron chi connectivity index (χ1n) is 10.1. The van der Waals surface area contributed by atoms with Crippen molar-refractivity contribution >= 4 is 33.3 Å². The van der Waals surface area contributed by atoms with Crippen molar-refractivity contribution in [1.82, 2.24) is 10.2 Å². The molecule has 0 aromatic heterocycles. The van der Waals surface area contributed by atoms with Crippen molar-refractivity contribution < 1.29 is 43.9 Å². The fourth-order valence-corrected chi connectivity index (χ4v) is 6.05. The number of halogens is 1. The quantitative estimate of drug-likeness (QED) is 0.240. The SMILES string of the molecule is CC1=C(C(=O)O[I-]C(=O)c2ccccc2)N2C(=O)[C@H](NC(=O)[C@H](N)c3ccccc3)C2SC1. The molecule has 0 bridgehead atoms. The fourth-order valence-electron chi connectivity index (χ4n) is 3.54. The van der Waals surface area contributed by atoms with Crippen LogP contribution in [-0.4, -0.2) is 43.6 Å². The minimum atomic E-state index is -1.54. The Bertz CT molecular complexity index is 1130. The van der Waals surface area contributed by atoms with Gasteiger partial charge in [-0.1, -0.05) is 6.07 Å². The van der Waals surface area contributed by atoms with Crippen LogP contribution in [0.5, 0.6) is 0 Å². The molecular weight excluding hydrogens is 557 g/mol. The Morgan fingerprint density at radius 3 is 2.42 bits per heavy atom. The molecule has 2 aliphatic heterocycles. The predicted octanol–water partition coefficient (Wildman–Crippen LogP) is -1.25. The molecule has 33 heavy (non-hydrogen) atoms. The third-order valence-corrected chi connectivity index (χ3v) is 8.34. The van der Waals surface area contributed by atoms with E-state index in [1.165, 1.54) is 16.7 Å². The number of amides is 2. The van der Waals surface area contributed by atoms with Gasteiger partial charge in [-0.25, -0.2) is 0 Å². The van der Waals surface area contributed by atoms with Crippen LogP contribution in [0.3, 0.4) is 0 Å². The van der Waals surface area contributed by atoms with Gasteiger partial charge in [0.25, 0.3) is 0 Å². The summed E-state index contributed by atoms with van der Waals surface area (Å²) < 4.78 is 5.11. The van der Waals surface area contributed by atoms with Gasteiger partial charge in [0.1, 0.15) is 0 Å². The first kappa shape index (κ1) is 23.5. The van der Waals surface area contributed by atoms with Crippen LogP contribution < -0.4 is 32.7 Å². The van der Waals surface area contributed by atoms with Crippen LogP contribution in [0.15, 0.2) is 71.9 Å². The molecule has 2 aliphatic rings. The number of hydrogen-bond acceptors (Lipinski definition) is 7. The number of nitrogens with two attached hydrogens (primary N) is 1. The Morgan fingerprint density at radius 2 is 1.76 bits per heavy atom. The average molecular weight is 578 g/mol. The standard InChI is InChI=1S/C23H21IN3O5S/c1-13-12-33-22-17(26-20(29)16(25)14-8-4-2-5-9-14)21(30)27(22)18(13)23(31)32-24-19(28)15-10-6-3-7-11-15/h2-11,16-17,22H,12,25H2,1H3,(H,26,29)/q-1/t16-,17+,22?/m1/s1. The van der Waals surface area contributed by atoms with Crippen molar-refractivity contribution in [3.63, 3.8) is 0 Å². The molecule has 3 atom stereocenters. The number of thioether (sulfide) groups is 1. The van der Waals surface area contributed by atoms with Gasteiger partial charge in [0.2, 0.25) is 0 Å². The van der Waals surface area contributed by atoms with Crippen molar-refractivity contribution in [3.8, 4) is 0 Å². The first-order valence-corrected chi connectivity index (χ1v) is 13.1. The van der Waals surface area contributed by atoms with Crippen LogP contribution in [0.4, 0.5) is 0 Å². The third kappa shape index (κ3) is 4.82. The van der Waals surface area contributed by atoms with Gasteiger partial charge in [-0.3, -0.25) is 0 Å². The van der Waals surface area contributed by atoms with Crippen LogP contribution in [0.1, 0.15) is 28.9 Å². The van der Waals surface area contributed by atoms with E-state index in [2.05, 4.69) is 5.32 Å². The summed E-state index contributed by atoms with van der Waals surface area (Å²) in [6.07, 6.45) is 0. The van der Waals surface area contributed by atoms with Gasteiger partial charge in [0, 0.05) is 0 Å². The summed E-state index contributed by atoms with van der Waals surface area (Å²) in [6.45, 7) is 1.75. The molecule has 10 heteroatoms. The molecule has 1 saturated heterocycles. The van der Waals surface area contributed by atoms with Gasteiger partial charge < -0.3 is 0 Å². The van der Waals surface area contributed by atoms with Crippen LogP contribution in [-0.2, 0) is 17.4 Å². The molecule has 2 amide bonds. The van der Waals surface area contributed by atoms with Crippen LogP contribution in [0.2, 0.25) is 0 Å². The summed E-state index contributed by atoms with van der Waals surface area (Å²) in [4.78, 5) is 51.9. The summed E-state index contributed by atoms with van der Waals surface area (Å²) in [6, 6.07) is 15.8. The van der Waals surface area contributed by atoms with Crippen molar-refractivity contribution in [2.24, 2.45) is 5.73 Å². The number of fused-ring (bicyclic) bond motifs is 1. The van der Waals surface area contributed by atoms with Gasteiger partial charge in [0.05, 0.1) is 0 Å². The van der Waals surface area contributed by atoms with Gasteiger partial charge in [-0.05, 0) is 0 Å². The number of nitrogens with zero attached hydrogens (tertiary/aromatic N) is 1. The first-order chi connectivity index (χ1) is 15.9. The van der Waals surface area contributed by atoms with E-state index in [4.69, 9.17) is 8.80 Å². The molecule has 2 aromatic carbocycles. The van der Waals surface area contributed by atoms with Crippen molar-refractivity contribution in [2.75, 3.05) is 5.75 Å². The monoisotopic (exact) mass is 578 g/mol. The van der Waals surface area contributed by atoms with Crippen LogP contribution in [0, 0.1) is 0 Å². The van der Waals surface area contributed by atoms with Crippen molar-refractivity contribution in [1.29, 1.82) is 0 Å². The molecule has 172 valence electrons. The summed E-state index contributed by atoms with van der Waals surface area (Å²) >= 11 is -0.0913. The second-order valence-electron chi connectivity index (χ2n) is 7.49. The van der Waals surface area contributed by atoms with Crippen LogP contribution >= 0.6 is 11.8 Å². The van der Waals surface area contributed by atoms with E-state index in [1.54, 1.807) is 61.5 Å². The molecule has 0 radical (unpaired) electrons. The van der Waals surface area contributed by atoms with E-state index in [1.807, 2.05) is 6.07 Å². The molecule has 1 fully saturated rings. The Hall–Kier alpha value is -2.70. The minimum absolute atomic E-state index is 0.155. The van der Waals surface area contributed by atoms with Crippen LogP contribution in [0.25, 0.3) is 0 Å². The molecule has 0 spiro atoms. The van der Waals surface area contributed by atoms with Gasteiger partial charge in [-0.2, -0.15) is 0 Å². The fraction of sp³-hybridized carbons (Fsp3) is 0.217. The van der Waals surface area contributed by atoms with E-state index in [0.717, 1.165) is 0 Å². The number of hydrogen-bond donors (Lipinski definition) is 2. The summed E-state index contributed by atoms with van der Waals surface area (Å²) in [7, 11) is 0. The summed E-state index contributed by atoms with van der Waals surface area (Å²) in [5.74, 6) is -1.05. The predicted molar refractivity (Wildman–Crippen MR) is 118 cm³/mol. The van der Waals surface area contributed by atoms with Gasteiger partial charge in [-0.15, -0.1) is 0 Å². The van der Waals surface area contributed by atoms with Crippen molar-refractivity contribution in [3.05, 3.63) is 83.1 Å². The zero-order chi connectivity index (χ0) is 23.5. The van der Waals surface area contributed by atoms with E-state index in [-0.39, 0.29) is 9.49 Å². The molecular formula is C23H21IN3O5S-. The van der Waals surface area contributed by atoms with Gasteiger partial charge in [0.15, 0.2) is 0 Å². The molecule has 2 heterocycles. The molecule has 2 aromatic rings. The van der Waals surface area contributed by atoms with E-state index in [0.29, 0.717) is 22.5 Å². The Kier molecular flexibility index (Phi) is 7.15. The number of carbonyl (C=O) groups excluding carboxylic acids is 4. The molecule has 8 nitrogen and oxygen atoms in total. The average Bonchev–Trinajstić information content (AvgIpc) is 2.85. The Labute approximate surface area is 205 Å². The second-order valence-corrected chi connectivity index (χ2v) is 10.5. The topological polar surface area (TPSA) is 119 Å². The normalized spacial score (nSPS) is 20.5. The zero-order valence-electron chi connectivity index (χ0n) is 17.6. The van der Waals surface area contributed by atoms with Gasteiger partial charge >= 0.3 is 200 Å². The molecule has 0 aliphatic carbocycles. The third-order valence-electron chi connectivity index (χ3n) is 5.27. The van der Waals surface area contributed by atoms with Crippen molar-refractivity contribution in [2.45, 2.75) is 24.4 Å². The molecule has 3 N–H and O–H groups in total. The molecule has 0 saturated carbocycles. The number of β-lactam (4-membered cyclic amide) rings is 1. The summed E-state index contributed by atoms with van der Waals surface area (Å²) in [5.41, 5.74) is 8.01. The maximum absolute atomic E-state index is 12.9. The maximum atomic E-state index is 12.9. The Morgan fingerprint density at radius 1 is 1.12 bits per heavy atom. The Balaban J connectivity index is 1.40. The van der Waals surface area contributed by atoms with E-state index >= 15 is 0 Å². The van der Waals surface area contributed by atoms with E-state index < -0.39 is 56.9 Å². The molecule has 1 unspecified atom stereocenters. The zero-order valence-corrected chi connectivity index (χ0v) is 20.5. The number of rotatable bonds is 7. The summed E-state index contributed by atoms with van der Waals surface area (Å²) in [5, 5.41) is 2.28. The number of nitrogens with one attached hydrogen (secondary N) is 1. The second kappa shape index (κ2) is 10.1. The number of benzene rings is 2.